The molecule has 1 fully saturated rings. The van der Waals surface area contributed by atoms with Crippen molar-refractivity contribution in [1.29, 1.82) is 0 Å². The molecule has 0 N–H and O–H groups in total. The van der Waals surface area contributed by atoms with Gasteiger partial charge >= 0.3 is 0 Å². The first kappa shape index (κ1) is 14.2. The van der Waals surface area contributed by atoms with E-state index < -0.39 is 0 Å². The van der Waals surface area contributed by atoms with Gasteiger partial charge in [0.2, 0.25) is 0 Å². The van der Waals surface area contributed by atoms with Crippen molar-refractivity contribution in [2.75, 3.05) is 18.0 Å². The van der Waals surface area contributed by atoms with Gasteiger partial charge in [-0.25, -0.2) is 9.07 Å². The van der Waals surface area contributed by atoms with E-state index >= 15 is 0 Å². The molecule has 4 heteroatoms. The molecule has 0 atom stereocenters. The summed E-state index contributed by atoms with van der Waals surface area (Å²) in [6.07, 6.45) is 5.76. The summed E-state index contributed by atoms with van der Waals surface area (Å²) in [6.45, 7) is 4.05. The van der Waals surface area contributed by atoms with Crippen LogP contribution in [0.3, 0.4) is 0 Å². The Balaban J connectivity index is 1.73. The third-order valence-electron chi connectivity index (χ3n) is 4.66. The molecule has 2 aromatic carbocycles. The minimum absolute atomic E-state index is 0.183. The Morgan fingerprint density at radius 3 is 2.52 bits per heavy atom. The lowest BCUT2D eigenvalue weighted by Gasteiger charge is -2.28. The van der Waals surface area contributed by atoms with E-state index in [1.165, 1.54) is 31.0 Å². The lowest BCUT2D eigenvalue weighted by molar-refractivity contribution is 0.578. The molecule has 0 bridgehead atoms. The van der Waals surface area contributed by atoms with Gasteiger partial charge in [0, 0.05) is 24.2 Å². The molecule has 0 aliphatic carbocycles. The van der Waals surface area contributed by atoms with Crippen molar-refractivity contribution in [2.45, 2.75) is 26.2 Å². The van der Waals surface area contributed by atoms with E-state index in [9.17, 15) is 4.39 Å². The van der Waals surface area contributed by atoms with Crippen LogP contribution in [0.15, 0.2) is 42.6 Å². The van der Waals surface area contributed by atoms with E-state index in [2.05, 4.69) is 28.2 Å². The van der Waals surface area contributed by atoms with Gasteiger partial charge in [0.25, 0.3) is 0 Å². The second-order valence-corrected chi connectivity index (χ2v) is 6.28. The maximum absolute atomic E-state index is 13.5. The van der Waals surface area contributed by atoms with Gasteiger partial charge in [-0.05, 0) is 68.1 Å². The first-order valence-corrected chi connectivity index (χ1v) is 8.22. The quantitative estimate of drug-likeness (QED) is 0.696. The van der Waals surface area contributed by atoms with Crippen LogP contribution in [0.1, 0.15) is 24.8 Å². The van der Waals surface area contributed by atoms with E-state index in [0.29, 0.717) is 5.56 Å². The average Bonchev–Trinajstić information content (AvgIpc) is 3.01. The fourth-order valence-electron chi connectivity index (χ4n) is 3.34. The molecule has 0 radical (unpaired) electrons. The fourth-order valence-corrected chi connectivity index (χ4v) is 3.34. The highest BCUT2D eigenvalue weighted by Gasteiger charge is 2.13. The predicted octanol–water partition coefficient (Wildman–Crippen LogP) is 4.46. The molecule has 3 nitrogen and oxygen atoms in total. The van der Waals surface area contributed by atoms with Crippen LogP contribution in [-0.4, -0.2) is 22.9 Å². The van der Waals surface area contributed by atoms with Crippen LogP contribution in [0.4, 0.5) is 10.1 Å². The van der Waals surface area contributed by atoms with Gasteiger partial charge in [-0.2, -0.15) is 5.10 Å². The summed E-state index contributed by atoms with van der Waals surface area (Å²) in [6, 6.07) is 11.6. The van der Waals surface area contributed by atoms with Gasteiger partial charge in [0.15, 0.2) is 0 Å². The third-order valence-corrected chi connectivity index (χ3v) is 4.66. The molecule has 1 aliphatic heterocycles. The van der Waals surface area contributed by atoms with E-state index in [1.54, 1.807) is 13.0 Å². The maximum Gasteiger partial charge on any atom is 0.126 e. The van der Waals surface area contributed by atoms with Crippen molar-refractivity contribution in [3.05, 3.63) is 54.0 Å². The number of anilines is 1. The van der Waals surface area contributed by atoms with Crippen LogP contribution in [0, 0.1) is 12.7 Å². The van der Waals surface area contributed by atoms with Gasteiger partial charge in [-0.15, -0.1) is 0 Å². The first-order chi connectivity index (χ1) is 11.2. The molecule has 3 aromatic rings. The Hall–Kier alpha value is -2.36. The molecule has 0 amide bonds. The second-order valence-electron chi connectivity index (χ2n) is 6.28. The van der Waals surface area contributed by atoms with Gasteiger partial charge in [0.1, 0.15) is 5.82 Å². The summed E-state index contributed by atoms with van der Waals surface area (Å²) in [7, 11) is 0. The van der Waals surface area contributed by atoms with Crippen LogP contribution >= 0.6 is 0 Å². The summed E-state index contributed by atoms with van der Waals surface area (Å²) < 4.78 is 15.4. The van der Waals surface area contributed by atoms with Gasteiger partial charge in [0.05, 0.1) is 17.4 Å². The largest absolute Gasteiger partial charge is 0.372 e. The lowest BCUT2D eigenvalue weighted by atomic mass is 10.1. The summed E-state index contributed by atoms with van der Waals surface area (Å²) in [5.74, 6) is -0.183. The van der Waals surface area contributed by atoms with Crippen molar-refractivity contribution < 1.29 is 4.39 Å². The Labute approximate surface area is 135 Å². The first-order valence-electron chi connectivity index (χ1n) is 8.22. The number of hydrogen-bond donors (Lipinski definition) is 0. The van der Waals surface area contributed by atoms with Crippen molar-refractivity contribution >= 4 is 16.6 Å². The summed E-state index contributed by atoms with van der Waals surface area (Å²) >= 11 is 0. The standard InChI is InChI=1S/C19H20FN3/c1-14-11-17(5-7-18(14)20)23-19-8-6-16(12-15(19)13-21-23)22-9-3-2-4-10-22/h5-8,11-13H,2-4,9-10H2,1H3. The summed E-state index contributed by atoms with van der Waals surface area (Å²) in [5, 5.41) is 5.62. The number of benzene rings is 2. The molecular formula is C19H20FN3. The van der Waals surface area contributed by atoms with Gasteiger partial charge < -0.3 is 4.90 Å². The number of halogens is 1. The predicted molar refractivity (Wildman–Crippen MR) is 91.8 cm³/mol. The summed E-state index contributed by atoms with van der Waals surface area (Å²) in [4.78, 5) is 2.45. The number of rotatable bonds is 2. The van der Waals surface area contributed by atoms with Crippen molar-refractivity contribution in [2.24, 2.45) is 0 Å². The van der Waals surface area contributed by atoms with Crippen LogP contribution in [0.25, 0.3) is 16.6 Å². The van der Waals surface area contributed by atoms with Crippen LogP contribution < -0.4 is 4.90 Å². The molecule has 23 heavy (non-hydrogen) atoms. The minimum atomic E-state index is -0.183. The van der Waals surface area contributed by atoms with Crippen molar-refractivity contribution in [1.82, 2.24) is 9.78 Å². The van der Waals surface area contributed by atoms with Crippen molar-refractivity contribution in [3.63, 3.8) is 0 Å². The number of aromatic nitrogens is 2. The van der Waals surface area contributed by atoms with E-state index in [4.69, 9.17) is 0 Å². The highest BCUT2D eigenvalue weighted by atomic mass is 19.1. The zero-order chi connectivity index (χ0) is 15.8. The maximum atomic E-state index is 13.5. The zero-order valence-corrected chi connectivity index (χ0v) is 13.3. The number of fused-ring (bicyclic) bond motifs is 1. The third kappa shape index (κ3) is 2.58. The molecule has 1 aliphatic rings. The average molecular weight is 309 g/mol. The molecule has 1 saturated heterocycles. The number of hydrogen-bond acceptors (Lipinski definition) is 2. The number of aryl methyl sites for hydroxylation is 1. The van der Waals surface area contributed by atoms with E-state index in [-0.39, 0.29) is 5.82 Å². The van der Waals surface area contributed by atoms with Gasteiger partial charge in [-0.3, -0.25) is 0 Å². The van der Waals surface area contributed by atoms with E-state index in [0.717, 1.165) is 29.7 Å². The molecule has 0 spiro atoms. The van der Waals surface area contributed by atoms with Gasteiger partial charge in [-0.1, -0.05) is 0 Å². The monoisotopic (exact) mass is 309 g/mol. The number of nitrogens with zero attached hydrogens (tertiary/aromatic N) is 3. The molecule has 1 aromatic heterocycles. The lowest BCUT2D eigenvalue weighted by Crippen LogP contribution is -2.29. The SMILES string of the molecule is Cc1cc(-n2ncc3cc(N4CCCCC4)ccc32)ccc1F. The van der Waals surface area contributed by atoms with E-state index in [1.807, 2.05) is 16.9 Å². The second kappa shape index (κ2) is 5.69. The smallest absolute Gasteiger partial charge is 0.126 e. The number of piperidine rings is 1. The molecule has 0 unspecified atom stereocenters. The Kier molecular flexibility index (Phi) is 3.52. The minimum Gasteiger partial charge on any atom is -0.372 e. The Morgan fingerprint density at radius 1 is 0.957 bits per heavy atom. The van der Waals surface area contributed by atoms with Crippen LogP contribution in [0.2, 0.25) is 0 Å². The molecule has 118 valence electrons. The fraction of sp³-hybridized carbons (Fsp3) is 0.316. The Morgan fingerprint density at radius 2 is 1.74 bits per heavy atom. The highest BCUT2D eigenvalue weighted by molar-refractivity contribution is 5.84. The highest BCUT2D eigenvalue weighted by Crippen LogP contribution is 2.26. The van der Waals surface area contributed by atoms with Crippen LogP contribution in [-0.2, 0) is 0 Å². The molecule has 4 rings (SSSR count). The van der Waals surface area contributed by atoms with Crippen molar-refractivity contribution in [3.8, 4) is 5.69 Å². The molecule has 0 saturated carbocycles. The Bertz CT molecular complexity index is 847. The molecular weight excluding hydrogens is 289 g/mol. The van der Waals surface area contributed by atoms with Crippen LogP contribution in [0.5, 0.6) is 0 Å². The normalized spacial score (nSPS) is 15.3. The molecule has 2 heterocycles. The summed E-state index contributed by atoms with van der Waals surface area (Å²) in [5.41, 5.74) is 3.85. The zero-order valence-electron chi connectivity index (χ0n) is 13.3. The topological polar surface area (TPSA) is 21.1 Å².